The van der Waals surface area contributed by atoms with Crippen LogP contribution in [0.2, 0.25) is 0 Å². The Hall–Kier alpha value is -1.47. The van der Waals surface area contributed by atoms with Crippen molar-refractivity contribution < 1.29 is 0 Å². The van der Waals surface area contributed by atoms with Gasteiger partial charge in [-0.2, -0.15) is 16.4 Å². The zero-order valence-corrected chi connectivity index (χ0v) is 12.9. The number of aromatic nitrogens is 2. The predicted octanol–water partition coefficient (Wildman–Crippen LogP) is 3.25. The van der Waals surface area contributed by atoms with Crippen LogP contribution in [0.3, 0.4) is 0 Å². The Labute approximate surface area is 129 Å². The van der Waals surface area contributed by atoms with Crippen molar-refractivity contribution in [1.29, 1.82) is 0 Å². The number of nitrogens with zero attached hydrogens (tertiary/aromatic N) is 2. The summed E-state index contributed by atoms with van der Waals surface area (Å²) in [5, 5.41) is 8.52. The zero-order chi connectivity index (χ0) is 13.9. The van der Waals surface area contributed by atoms with E-state index in [1.807, 2.05) is 52.8 Å². The van der Waals surface area contributed by atoms with E-state index in [4.69, 9.17) is 5.84 Å². The minimum absolute atomic E-state index is 0.0758. The van der Waals surface area contributed by atoms with Crippen molar-refractivity contribution in [2.75, 3.05) is 0 Å². The van der Waals surface area contributed by atoms with Crippen LogP contribution in [0.15, 0.2) is 58.0 Å². The summed E-state index contributed by atoms with van der Waals surface area (Å²) >= 11 is 5.18. The van der Waals surface area contributed by atoms with Crippen LogP contribution in [0.1, 0.15) is 17.2 Å². The summed E-state index contributed by atoms with van der Waals surface area (Å²) in [5.74, 6) is 5.71. The van der Waals surface area contributed by atoms with Crippen LogP contribution < -0.4 is 11.3 Å². The number of rotatable bonds is 4. The lowest BCUT2D eigenvalue weighted by Crippen LogP contribution is -2.28. The van der Waals surface area contributed by atoms with Gasteiger partial charge in [0.2, 0.25) is 0 Å². The summed E-state index contributed by atoms with van der Waals surface area (Å²) < 4.78 is 2.90. The molecule has 0 bridgehead atoms. The van der Waals surface area contributed by atoms with E-state index in [1.54, 1.807) is 11.3 Å². The molecule has 102 valence electrons. The van der Waals surface area contributed by atoms with E-state index in [2.05, 4.69) is 31.8 Å². The lowest BCUT2D eigenvalue weighted by atomic mass is 10.1. The molecule has 0 saturated heterocycles. The fraction of sp³-hybridized carbons (Fsp3) is 0.0714. The molecule has 4 nitrogen and oxygen atoms in total. The standard InChI is InChI=1S/C14H13BrN4S/c15-13-9-20-8-12(13)14(18-16)10-6-17-19(7-10)11-4-2-1-3-5-11/h1-9,14,18H,16H2. The van der Waals surface area contributed by atoms with Gasteiger partial charge in [0, 0.05) is 21.6 Å². The third-order valence-corrected chi connectivity index (χ3v) is 4.83. The van der Waals surface area contributed by atoms with Crippen molar-refractivity contribution in [1.82, 2.24) is 15.2 Å². The van der Waals surface area contributed by atoms with Crippen molar-refractivity contribution >= 4 is 27.3 Å². The Morgan fingerprint density at radius 3 is 2.70 bits per heavy atom. The minimum Gasteiger partial charge on any atom is -0.271 e. The number of halogens is 1. The van der Waals surface area contributed by atoms with E-state index in [9.17, 15) is 0 Å². The molecule has 0 fully saturated rings. The second-order valence-electron chi connectivity index (χ2n) is 4.33. The molecule has 0 radical (unpaired) electrons. The summed E-state index contributed by atoms with van der Waals surface area (Å²) in [5.41, 5.74) is 6.02. The number of thiophene rings is 1. The SMILES string of the molecule is NNC(c1cnn(-c2ccccc2)c1)c1cscc1Br. The topological polar surface area (TPSA) is 55.9 Å². The fourth-order valence-electron chi connectivity index (χ4n) is 2.07. The first-order valence-corrected chi connectivity index (χ1v) is 7.81. The highest BCUT2D eigenvalue weighted by Crippen LogP contribution is 2.31. The highest BCUT2D eigenvalue weighted by molar-refractivity contribution is 9.10. The number of nitrogens with two attached hydrogens (primary N) is 1. The number of hydrazine groups is 1. The molecule has 0 aliphatic heterocycles. The van der Waals surface area contributed by atoms with Gasteiger partial charge < -0.3 is 0 Å². The summed E-state index contributed by atoms with van der Waals surface area (Å²) in [6.07, 6.45) is 3.82. The molecule has 0 aliphatic carbocycles. The third kappa shape index (κ3) is 2.55. The van der Waals surface area contributed by atoms with Crippen molar-refractivity contribution in [3.63, 3.8) is 0 Å². The Kier molecular flexibility index (Phi) is 3.98. The van der Waals surface area contributed by atoms with Gasteiger partial charge in [-0.15, -0.1) is 0 Å². The average molecular weight is 349 g/mol. The molecule has 1 aromatic carbocycles. The van der Waals surface area contributed by atoms with Crippen LogP contribution in [-0.4, -0.2) is 9.78 Å². The van der Waals surface area contributed by atoms with Gasteiger partial charge in [-0.05, 0) is 39.0 Å². The van der Waals surface area contributed by atoms with Crippen LogP contribution >= 0.6 is 27.3 Å². The van der Waals surface area contributed by atoms with Gasteiger partial charge in [0.05, 0.1) is 17.9 Å². The second kappa shape index (κ2) is 5.88. The summed E-state index contributed by atoms with van der Waals surface area (Å²) in [7, 11) is 0. The van der Waals surface area contributed by atoms with Gasteiger partial charge in [-0.1, -0.05) is 18.2 Å². The Balaban J connectivity index is 1.95. The van der Waals surface area contributed by atoms with Crippen molar-refractivity contribution in [3.05, 3.63) is 69.1 Å². The quantitative estimate of drug-likeness (QED) is 0.562. The lowest BCUT2D eigenvalue weighted by Gasteiger charge is -2.13. The Morgan fingerprint density at radius 1 is 1.25 bits per heavy atom. The maximum absolute atomic E-state index is 5.71. The Bertz CT molecular complexity index is 692. The van der Waals surface area contributed by atoms with E-state index < -0.39 is 0 Å². The predicted molar refractivity (Wildman–Crippen MR) is 84.7 cm³/mol. The van der Waals surface area contributed by atoms with Gasteiger partial charge in [0.1, 0.15) is 0 Å². The molecule has 0 aliphatic rings. The Morgan fingerprint density at radius 2 is 2.05 bits per heavy atom. The molecule has 0 amide bonds. The highest BCUT2D eigenvalue weighted by atomic mass is 79.9. The second-order valence-corrected chi connectivity index (χ2v) is 5.93. The van der Waals surface area contributed by atoms with Crippen LogP contribution in [-0.2, 0) is 0 Å². The highest BCUT2D eigenvalue weighted by Gasteiger charge is 2.18. The molecule has 0 spiro atoms. The smallest absolute Gasteiger partial charge is 0.0759 e. The van der Waals surface area contributed by atoms with Gasteiger partial charge in [-0.3, -0.25) is 5.84 Å². The maximum atomic E-state index is 5.71. The molecular formula is C14H13BrN4S. The number of para-hydroxylation sites is 1. The summed E-state index contributed by atoms with van der Waals surface area (Å²) in [4.78, 5) is 0. The average Bonchev–Trinajstić information content (AvgIpc) is 3.12. The molecule has 3 aromatic rings. The van der Waals surface area contributed by atoms with Crippen LogP contribution in [0.25, 0.3) is 5.69 Å². The first-order valence-electron chi connectivity index (χ1n) is 6.07. The van der Waals surface area contributed by atoms with E-state index in [0.717, 1.165) is 21.3 Å². The number of hydrogen-bond acceptors (Lipinski definition) is 4. The molecule has 3 N–H and O–H groups in total. The molecule has 6 heteroatoms. The van der Waals surface area contributed by atoms with Gasteiger partial charge in [0.15, 0.2) is 0 Å². The van der Waals surface area contributed by atoms with E-state index in [-0.39, 0.29) is 6.04 Å². The first-order chi connectivity index (χ1) is 9.79. The van der Waals surface area contributed by atoms with Crippen LogP contribution in [0, 0.1) is 0 Å². The lowest BCUT2D eigenvalue weighted by molar-refractivity contribution is 0.636. The fourth-order valence-corrected chi connectivity index (χ4v) is 3.62. The minimum atomic E-state index is -0.0758. The molecule has 1 unspecified atom stereocenters. The molecule has 20 heavy (non-hydrogen) atoms. The van der Waals surface area contributed by atoms with Gasteiger partial charge in [0.25, 0.3) is 0 Å². The normalized spacial score (nSPS) is 12.5. The van der Waals surface area contributed by atoms with Crippen LogP contribution in [0.5, 0.6) is 0 Å². The summed E-state index contributed by atoms with van der Waals surface area (Å²) in [6.45, 7) is 0. The summed E-state index contributed by atoms with van der Waals surface area (Å²) in [6, 6.07) is 9.92. The number of nitrogens with one attached hydrogen (secondary N) is 1. The number of hydrogen-bond donors (Lipinski definition) is 2. The van der Waals surface area contributed by atoms with E-state index in [1.165, 1.54) is 0 Å². The molecule has 0 saturated carbocycles. The van der Waals surface area contributed by atoms with Crippen molar-refractivity contribution in [2.45, 2.75) is 6.04 Å². The first kappa shape index (κ1) is 13.5. The van der Waals surface area contributed by atoms with Gasteiger partial charge in [-0.25, -0.2) is 10.1 Å². The molecule has 1 atom stereocenters. The van der Waals surface area contributed by atoms with Crippen molar-refractivity contribution in [2.24, 2.45) is 5.84 Å². The van der Waals surface area contributed by atoms with E-state index >= 15 is 0 Å². The molecule has 3 rings (SSSR count). The largest absolute Gasteiger partial charge is 0.271 e. The molecule has 2 aromatic heterocycles. The van der Waals surface area contributed by atoms with Crippen molar-refractivity contribution in [3.8, 4) is 5.69 Å². The third-order valence-electron chi connectivity index (χ3n) is 3.08. The number of benzene rings is 1. The maximum Gasteiger partial charge on any atom is 0.0759 e. The molecular weight excluding hydrogens is 336 g/mol. The monoisotopic (exact) mass is 348 g/mol. The molecule has 2 heterocycles. The van der Waals surface area contributed by atoms with Crippen LogP contribution in [0.4, 0.5) is 0 Å². The van der Waals surface area contributed by atoms with E-state index in [0.29, 0.717) is 0 Å². The van der Waals surface area contributed by atoms with Gasteiger partial charge >= 0.3 is 0 Å². The zero-order valence-electron chi connectivity index (χ0n) is 10.5.